The highest BCUT2D eigenvalue weighted by Gasteiger charge is 2.17. The maximum Gasteiger partial charge on any atom is 0.265 e. The van der Waals surface area contributed by atoms with Crippen LogP contribution in [0, 0.1) is 0 Å². The van der Waals surface area contributed by atoms with Crippen molar-refractivity contribution >= 4 is 40.6 Å². The first-order valence-corrected chi connectivity index (χ1v) is 11.9. The van der Waals surface area contributed by atoms with Gasteiger partial charge in [0.1, 0.15) is 5.75 Å². The number of nitrogens with one attached hydrogen (secondary N) is 1. The van der Waals surface area contributed by atoms with Crippen LogP contribution in [0.5, 0.6) is 5.75 Å². The van der Waals surface area contributed by atoms with Gasteiger partial charge in [-0.3, -0.25) is 4.79 Å². The molecule has 2 aromatic carbocycles. The van der Waals surface area contributed by atoms with Crippen molar-refractivity contribution in [3.8, 4) is 17.0 Å². The molecule has 1 aliphatic rings. The Bertz CT molecular complexity index is 1100. The van der Waals surface area contributed by atoms with Crippen molar-refractivity contribution in [1.29, 1.82) is 0 Å². The molecular formula is C25H26Cl2N4O2. The third-order valence-corrected chi connectivity index (χ3v) is 6.10. The van der Waals surface area contributed by atoms with Crippen LogP contribution < -0.4 is 15.0 Å². The molecule has 6 nitrogen and oxygen atoms in total. The Labute approximate surface area is 203 Å². The molecule has 4 rings (SSSR count). The van der Waals surface area contributed by atoms with E-state index in [1.807, 2.05) is 36.4 Å². The average molecular weight is 485 g/mol. The summed E-state index contributed by atoms with van der Waals surface area (Å²) in [6, 6.07) is 16.4. The first-order chi connectivity index (χ1) is 16.0. The summed E-state index contributed by atoms with van der Waals surface area (Å²) in [4.78, 5) is 15.0. The van der Waals surface area contributed by atoms with Crippen molar-refractivity contribution in [2.45, 2.75) is 38.7 Å². The fourth-order valence-corrected chi connectivity index (χ4v) is 4.22. The summed E-state index contributed by atoms with van der Waals surface area (Å²) in [5, 5.41) is 12.6. The molecule has 8 heteroatoms. The van der Waals surface area contributed by atoms with Crippen LogP contribution in [0.3, 0.4) is 0 Å². The third kappa shape index (κ3) is 6.15. The van der Waals surface area contributed by atoms with Gasteiger partial charge in [0.05, 0.1) is 10.7 Å². The van der Waals surface area contributed by atoms with Crippen molar-refractivity contribution in [3.05, 3.63) is 64.6 Å². The summed E-state index contributed by atoms with van der Waals surface area (Å²) in [6.07, 6.45) is 4.18. The number of benzene rings is 2. The van der Waals surface area contributed by atoms with Gasteiger partial charge in [0, 0.05) is 29.4 Å². The molecule has 1 N–H and O–H groups in total. The van der Waals surface area contributed by atoms with Crippen LogP contribution in [0.15, 0.2) is 54.6 Å². The number of rotatable bonds is 6. The van der Waals surface area contributed by atoms with Gasteiger partial charge in [0.15, 0.2) is 11.9 Å². The second-order valence-electron chi connectivity index (χ2n) is 8.08. The van der Waals surface area contributed by atoms with Gasteiger partial charge in [0.2, 0.25) is 0 Å². The van der Waals surface area contributed by atoms with Crippen LogP contribution in [0.1, 0.15) is 32.6 Å². The second-order valence-corrected chi connectivity index (χ2v) is 8.93. The highest BCUT2D eigenvalue weighted by molar-refractivity contribution is 6.35. The molecule has 1 aliphatic heterocycles. The van der Waals surface area contributed by atoms with Crippen LogP contribution in [-0.4, -0.2) is 35.3 Å². The molecule has 0 radical (unpaired) electrons. The van der Waals surface area contributed by atoms with Gasteiger partial charge in [-0.1, -0.05) is 48.2 Å². The minimum Gasteiger partial charge on any atom is -0.479 e. The number of halogens is 2. The van der Waals surface area contributed by atoms with E-state index < -0.39 is 6.10 Å². The summed E-state index contributed by atoms with van der Waals surface area (Å²) in [7, 11) is 0. The molecule has 1 amide bonds. The Morgan fingerprint density at radius 1 is 1.00 bits per heavy atom. The van der Waals surface area contributed by atoms with E-state index in [2.05, 4.69) is 20.4 Å². The molecule has 0 aliphatic carbocycles. The smallest absolute Gasteiger partial charge is 0.265 e. The normalized spacial score (nSPS) is 14.9. The molecule has 0 bridgehead atoms. The SMILES string of the molecule is CC(Oc1ccc(Cl)cc1Cl)C(=O)Nc1cccc(-c2ccc(N3CCCCCC3)nn2)c1. The van der Waals surface area contributed by atoms with E-state index in [0.717, 1.165) is 30.2 Å². The van der Waals surface area contributed by atoms with Crippen molar-refractivity contribution < 1.29 is 9.53 Å². The van der Waals surface area contributed by atoms with Crippen molar-refractivity contribution in [2.24, 2.45) is 0 Å². The molecular weight excluding hydrogens is 459 g/mol. The standard InChI is InChI=1S/C25H26Cl2N4O2/c1-17(33-23-11-9-19(26)16-21(23)27)25(32)28-20-8-6-7-18(15-20)22-10-12-24(30-29-22)31-13-4-2-3-5-14-31/h6-12,15-17H,2-5,13-14H2,1H3,(H,28,32). The van der Waals surface area contributed by atoms with Crippen LogP contribution >= 0.6 is 23.2 Å². The number of nitrogens with zero attached hydrogens (tertiary/aromatic N) is 3. The third-order valence-electron chi connectivity index (χ3n) is 5.57. The topological polar surface area (TPSA) is 67.3 Å². The van der Waals surface area contributed by atoms with E-state index in [1.54, 1.807) is 25.1 Å². The van der Waals surface area contributed by atoms with Crippen LogP contribution in [0.25, 0.3) is 11.3 Å². The van der Waals surface area contributed by atoms with E-state index in [-0.39, 0.29) is 5.91 Å². The number of amides is 1. The summed E-state index contributed by atoms with van der Waals surface area (Å²) in [5.74, 6) is 1.02. The van der Waals surface area contributed by atoms with Crippen molar-refractivity contribution in [2.75, 3.05) is 23.3 Å². The Morgan fingerprint density at radius 2 is 1.79 bits per heavy atom. The van der Waals surface area contributed by atoms with Gasteiger partial charge in [-0.05, 0) is 62.2 Å². The molecule has 1 atom stereocenters. The van der Waals surface area contributed by atoms with Gasteiger partial charge in [-0.25, -0.2) is 0 Å². The number of hydrogen-bond donors (Lipinski definition) is 1. The Balaban J connectivity index is 1.41. The lowest BCUT2D eigenvalue weighted by Crippen LogP contribution is -2.30. The van der Waals surface area contributed by atoms with E-state index in [0.29, 0.717) is 21.5 Å². The molecule has 1 saturated heterocycles. The maximum atomic E-state index is 12.7. The molecule has 3 aromatic rings. The molecule has 2 heterocycles. The number of carbonyl (C=O) groups is 1. The van der Waals surface area contributed by atoms with Gasteiger partial charge in [0.25, 0.3) is 5.91 Å². The Hall–Kier alpha value is -2.83. The number of anilines is 2. The summed E-state index contributed by atoms with van der Waals surface area (Å²) >= 11 is 12.1. The fourth-order valence-electron chi connectivity index (χ4n) is 3.76. The lowest BCUT2D eigenvalue weighted by molar-refractivity contribution is -0.122. The molecule has 0 saturated carbocycles. The zero-order valence-electron chi connectivity index (χ0n) is 18.4. The zero-order chi connectivity index (χ0) is 23.2. The van der Waals surface area contributed by atoms with E-state index in [4.69, 9.17) is 27.9 Å². The van der Waals surface area contributed by atoms with Crippen molar-refractivity contribution in [1.82, 2.24) is 10.2 Å². The predicted molar refractivity (Wildman–Crippen MR) is 133 cm³/mol. The summed E-state index contributed by atoms with van der Waals surface area (Å²) < 4.78 is 5.70. The van der Waals surface area contributed by atoms with Gasteiger partial charge < -0.3 is 15.0 Å². The number of carbonyl (C=O) groups excluding carboxylic acids is 1. The zero-order valence-corrected chi connectivity index (χ0v) is 19.9. The lowest BCUT2D eigenvalue weighted by atomic mass is 10.1. The van der Waals surface area contributed by atoms with E-state index in [9.17, 15) is 4.79 Å². The van der Waals surface area contributed by atoms with Crippen LogP contribution in [0.2, 0.25) is 10.0 Å². The number of hydrogen-bond acceptors (Lipinski definition) is 5. The van der Waals surface area contributed by atoms with Crippen molar-refractivity contribution in [3.63, 3.8) is 0 Å². The molecule has 172 valence electrons. The molecule has 1 aromatic heterocycles. The molecule has 0 spiro atoms. The Kier molecular flexibility index (Phi) is 7.68. The summed E-state index contributed by atoms with van der Waals surface area (Å²) in [6.45, 7) is 3.71. The minimum atomic E-state index is -0.750. The first-order valence-electron chi connectivity index (χ1n) is 11.1. The number of ether oxygens (including phenoxy) is 1. The van der Waals surface area contributed by atoms with E-state index in [1.165, 1.54) is 25.7 Å². The van der Waals surface area contributed by atoms with Crippen LogP contribution in [-0.2, 0) is 4.79 Å². The average Bonchev–Trinajstić information content (AvgIpc) is 3.11. The molecule has 1 unspecified atom stereocenters. The molecule has 1 fully saturated rings. The molecule has 33 heavy (non-hydrogen) atoms. The lowest BCUT2D eigenvalue weighted by Gasteiger charge is -2.20. The fraction of sp³-hybridized carbons (Fsp3) is 0.320. The summed E-state index contributed by atoms with van der Waals surface area (Å²) in [5.41, 5.74) is 2.27. The highest BCUT2D eigenvalue weighted by atomic mass is 35.5. The largest absolute Gasteiger partial charge is 0.479 e. The first kappa shape index (κ1) is 23.3. The van der Waals surface area contributed by atoms with Gasteiger partial charge in [-0.2, -0.15) is 0 Å². The monoisotopic (exact) mass is 484 g/mol. The minimum absolute atomic E-state index is 0.291. The highest BCUT2D eigenvalue weighted by Crippen LogP contribution is 2.29. The predicted octanol–water partition coefficient (Wildman–Crippen LogP) is 6.24. The quantitative estimate of drug-likeness (QED) is 0.448. The maximum absolute atomic E-state index is 12.7. The van der Waals surface area contributed by atoms with E-state index >= 15 is 0 Å². The van der Waals surface area contributed by atoms with Gasteiger partial charge in [-0.15, -0.1) is 10.2 Å². The second kappa shape index (κ2) is 10.9. The number of aromatic nitrogens is 2. The Morgan fingerprint density at radius 3 is 2.48 bits per heavy atom. The van der Waals surface area contributed by atoms with Gasteiger partial charge >= 0.3 is 0 Å². The van der Waals surface area contributed by atoms with Crippen LogP contribution in [0.4, 0.5) is 11.5 Å².